The molecule has 0 bridgehead atoms. The van der Waals surface area contributed by atoms with E-state index < -0.39 is 0 Å². The third-order valence-corrected chi connectivity index (χ3v) is 6.50. The van der Waals surface area contributed by atoms with Gasteiger partial charge in [0.05, 0.1) is 19.2 Å². The van der Waals surface area contributed by atoms with Crippen molar-refractivity contribution in [1.29, 1.82) is 0 Å². The molecule has 174 valence electrons. The Balaban J connectivity index is 1.42. The van der Waals surface area contributed by atoms with Crippen molar-refractivity contribution in [2.45, 2.75) is 46.2 Å². The van der Waals surface area contributed by atoms with Crippen LogP contribution in [0.5, 0.6) is 5.75 Å². The van der Waals surface area contributed by atoms with Crippen molar-refractivity contribution in [3.8, 4) is 16.9 Å². The van der Waals surface area contributed by atoms with Gasteiger partial charge in [0.1, 0.15) is 5.75 Å². The quantitative estimate of drug-likeness (QED) is 0.521. The molecule has 0 aliphatic carbocycles. The summed E-state index contributed by atoms with van der Waals surface area (Å²) in [5.41, 5.74) is 5.41. The Morgan fingerprint density at radius 1 is 1.18 bits per heavy atom. The van der Waals surface area contributed by atoms with E-state index in [2.05, 4.69) is 33.8 Å². The highest BCUT2D eigenvalue weighted by Gasteiger charge is 2.27. The van der Waals surface area contributed by atoms with Crippen LogP contribution < -0.4 is 10.1 Å². The molecular weight excluding hydrogens is 412 g/mol. The van der Waals surface area contributed by atoms with E-state index in [1.807, 2.05) is 54.7 Å². The number of benzene rings is 2. The third kappa shape index (κ3) is 5.45. The first-order valence-electron chi connectivity index (χ1n) is 11.9. The van der Waals surface area contributed by atoms with E-state index in [1.54, 1.807) is 7.11 Å². The van der Waals surface area contributed by atoms with Gasteiger partial charge in [0.2, 0.25) is 5.91 Å². The molecule has 0 saturated carbocycles. The van der Waals surface area contributed by atoms with Gasteiger partial charge in [0.25, 0.3) is 0 Å². The van der Waals surface area contributed by atoms with Crippen molar-refractivity contribution in [3.05, 3.63) is 66.0 Å². The fraction of sp³-hybridized carbons (Fsp3) is 0.407. The van der Waals surface area contributed by atoms with Gasteiger partial charge in [0.15, 0.2) is 0 Å². The lowest BCUT2D eigenvalue weighted by Gasteiger charge is -2.32. The van der Waals surface area contributed by atoms with Crippen LogP contribution in [0.25, 0.3) is 11.1 Å². The molecule has 2 heterocycles. The highest BCUT2D eigenvalue weighted by Crippen LogP contribution is 2.30. The number of carbonyl (C=O) groups excluding carboxylic acids is 1. The first-order valence-corrected chi connectivity index (χ1v) is 11.9. The number of aromatic nitrogens is 2. The summed E-state index contributed by atoms with van der Waals surface area (Å²) in [4.78, 5) is 15.6. The number of ether oxygens (including phenoxy) is 1. The van der Waals surface area contributed by atoms with E-state index in [0.29, 0.717) is 0 Å². The summed E-state index contributed by atoms with van der Waals surface area (Å²) in [5.74, 6) is 0.894. The van der Waals surface area contributed by atoms with Crippen LogP contribution >= 0.6 is 0 Å². The fourth-order valence-electron chi connectivity index (χ4n) is 4.58. The number of aryl methyl sites for hydroxylation is 1. The molecule has 0 radical (unpaired) electrons. The molecule has 0 spiro atoms. The first kappa shape index (κ1) is 23.1. The molecule has 3 aromatic rings. The van der Waals surface area contributed by atoms with Crippen molar-refractivity contribution in [2.75, 3.05) is 25.5 Å². The summed E-state index contributed by atoms with van der Waals surface area (Å²) in [5, 5.41) is 7.74. The second-order valence-corrected chi connectivity index (χ2v) is 8.82. The highest BCUT2D eigenvalue weighted by molar-refractivity contribution is 5.97. The van der Waals surface area contributed by atoms with E-state index in [1.165, 1.54) is 11.3 Å². The summed E-state index contributed by atoms with van der Waals surface area (Å²) in [6.45, 7) is 7.90. The van der Waals surface area contributed by atoms with Crippen LogP contribution in [0.1, 0.15) is 37.4 Å². The first-order chi connectivity index (χ1) is 16.1. The smallest absolute Gasteiger partial charge is 0.228 e. The zero-order valence-corrected chi connectivity index (χ0v) is 19.9. The average molecular weight is 447 g/mol. The minimum Gasteiger partial charge on any atom is -0.497 e. The molecule has 33 heavy (non-hydrogen) atoms. The number of amides is 1. The Morgan fingerprint density at radius 3 is 2.73 bits per heavy atom. The monoisotopic (exact) mass is 446 g/mol. The minimum atomic E-state index is -0.0198. The maximum Gasteiger partial charge on any atom is 0.228 e. The Kier molecular flexibility index (Phi) is 7.45. The topological polar surface area (TPSA) is 59.4 Å². The number of para-hydroxylation sites is 1. The number of likely N-dealkylation sites (tertiary alicyclic amines) is 1. The number of nitrogens with zero attached hydrogens (tertiary/aromatic N) is 3. The zero-order chi connectivity index (χ0) is 23.2. The van der Waals surface area contributed by atoms with Crippen LogP contribution in [0, 0.1) is 12.8 Å². The average Bonchev–Trinajstić information content (AvgIpc) is 3.19. The Labute approximate surface area is 196 Å². The molecule has 4 rings (SSSR count). The van der Waals surface area contributed by atoms with Gasteiger partial charge in [-0.15, -0.1) is 0 Å². The van der Waals surface area contributed by atoms with Crippen molar-refractivity contribution >= 4 is 11.6 Å². The van der Waals surface area contributed by atoms with E-state index in [-0.39, 0.29) is 11.8 Å². The molecule has 1 amide bonds. The van der Waals surface area contributed by atoms with Crippen LogP contribution in [-0.4, -0.2) is 40.8 Å². The molecule has 6 heteroatoms. The molecule has 1 unspecified atom stereocenters. The maximum absolute atomic E-state index is 13.2. The summed E-state index contributed by atoms with van der Waals surface area (Å²) in [6.07, 6.45) is 5.01. The molecule has 6 nitrogen and oxygen atoms in total. The van der Waals surface area contributed by atoms with E-state index in [4.69, 9.17) is 4.74 Å². The van der Waals surface area contributed by atoms with Gasteiger partial charge in [0, 0.05) is 42.1 Å². The molecular formula is C27H34N4O2. The Bertz CT molecular complexity index is 1070. The second-order valence-electron chi connectivity index (χ2n) is 8.82. The largest absolute Gasteiger partial charge is 0.497 e. The number of carbonyl (C=O) groups is 1. The SMILES string of the molecule is CCCn1ncc(CN2CCCC(C(=O)Nc3ccccc3-c3ccc(OC)cc3)C2)c1C. The molecule has 1 saturated heterocycles. The van der Waals surface area contributed by atoms with Gasteiger partial charge in [-0.05, 0) is 56.5 Å². The Hall–Kier alpha value is -3.12. The lowest BCUT2D eigenvalue weighted by atomic mass is 9.96. The van der Waals surface area contributed by atoms with E-state index in [9.17, 15) is 4.79 Å². The van der Waals surface area contributed by atoms with Gasteiger partial charge in [-0.3, -0.25) is 14.4 Å². The van der Waals surface area contributed by atoms with Gasteiger partial charge in [-0.25, -0.2) is 0 Å². The van der Waals surface area contributed by atoms with Crippen LogP contribution in [0.15, 0.2) is 54.7 Å². The predicted molar refractivity (Wildman–Crippen MR) is 132 cm³/mol. The molecule has 1 aliphatic rings. The number of hydrogen-bond donors (Lipinski definition) is 1. The molecule has 2 aromatic carbocycles. The fourth-order valence-corrected chi connectivity index (χ4v) is 4.58. The van der Waals surface area contributed by atoms with Crippen LogP contribution in [0.3, 0.4) is 0 Å². The van der Waals surface area contributed by atoms with Crippen LogP contribution in [0.2, 0.25) is 0 Å². The molecule has 1 aromatic heterocycles. The van der Waals surface area contributed by atoms with E-state index in [0.717, 1.165) is 68.0 Å². The lowest BCUT2D eigenvalue weighted by molar-refractivity contribution is -0.121. The van der Waals surface area contributed by atoms with E-state index >= 15 is 0 Å². The van der Waals surface area contributed by atoms with Crippen molar-refractivity contribution in [3.63, 3.8) is 0 Å². The van der Waals surface area contributed by atoms with Gasteiger partial charge in [-0.1, -0.05) is 37.3 Å². The number of methoxy groups -OCH3 is 1. The normalized spacial score (nSPS) is 16.5. The molecule has 1 aliphatic heterocycles. The minimum absolute atomic E-state index is 0.0198. The zero-order valence-electron chi connectivity index (χ0n) is 19.9. The molecule has 1 fully saturated rings. The van der Waals surface area contributed by atoms with Gasteiger partial charge >= 0.3 is 0 Å². The summed E-state index contributed by atoms with van der Waals surface area (Å²) in [6, 6.07) is 15.9. The molecule has 1 atom stereocenters. The van der Waals surface area contributed by atoms with Crippen LogP contribution in [-0.2, 0) is 17.9 Å². The van der Waals surface area contributed by atoms with Crippen molar-refractivity contribution < 1.29 is 9.53 Å². The number of hydrogen-bond acceptors (Lipinski definition) is 4. The Morgan fingerprint density at radius 2 is 1.97 bits per heavy atom. The van der Waals surface area contributed by atoms with Crippen molar-refractivity contribution in [1.82, 2.24) is 14.7 Å². The number of piperidine rings is 1. The summed E-state index contributed by atoms with van der Waals surface area (Å²) >= 11 is 0. The highest BCUT2D eigenvalue weighted by atomic mass is 16.5. The standard InChI is InChI=1S/C27H34N4O2/c1-4-15-31-20(2)23(17-28-31)19-30-16-7-8-22(18-30)27(32)29-26-10-6-5-9-25(26)21-11-13-24(33-3)14-12-21/h5-6,9-14,17,22H,4,7-8,15-16,18-19H2,1-3H3,(H,29,32). The number of nitrogens with one attached hydrogen (secondary N) is 1. The van der Waals surface area contributed by atoms with Crippen LogP contribution in [0.4, 0.5) is 5.69 Å². The molecule has 1 N–H and O–H groups in total. The number of anilines is 1. The van der Waals surface area contributed by atoms with Crippen molar-refractivity contribution in [2.24, 2.45) is 5.92 Å². The van der Waals surface area contributed by atoms with Gasteiger partial charge < -0.3 is 10.1 Å². The number of rotatable bonds is 8. The third-order valence-electron chi connectivity index (χ3n) is 6.50. The van der Waals surface area contributed by atoms with Gasteiger partial charge in [-0.2, -0.15) is 5.10 Å². The summed E-state index contributed by atoms with van der Waals surface area (Å²) < 4.78 is 7.36. The summed E-state index contributed by atoms with van der Waals surface area (Å²) in [7, 11) is 1.66. The second kappa shape index (κ2) is 10.7. The lowest BCUT2D eigenvalue weighted by Crippen LogP contribution is -2.40. The predicted octanol–water partition coefficient (Wildman–Crippen LogP) is 5.13. The maximum atomic E-state index is 13.2.